The van der Waals surface area contributed by atoms with Crippen molar-refractivity contribution in [1.82, 2.24) is 0 Å². The maximum Gasteiger partial charge on any atom is 0.0399 e. The third-order valence-corrected chi connectivity index (χ3v) is 4.16. The zero-order valence-electron chi connectivity index (χ0n) is 11.9. The van der Waals surface area contributed by atoms with E-state index < -0.39 is 0 Å². The molecule has 100 valence electrons. The molecule has 2 nitrogen and oxygen atoms in total. The van der Waals surface area contributed by atoms with Gasteiger partial charge in [0.2, 0.25) is 0 Å². The molecule has 2 heteroatoms. The lowest BCUT2D eigenvalue weighted by Gasteiger charge is -2.23. The maximum absolute atomic E-state index is 5.74. The lowest BCUT2D eigenvalue weighted by molar-refractivity contribution is 0.422. The summed E-state index contributed by atoms with van der Waals surface area (Å²) in [7, 11) is 0. The number of rotatable bonds is 4. The van der Waals surface area contributed by atoms with Crippen molar-refractivity contribution < 1.29 is 0 Å². The Hall–Kier alpha value is -1.02. The van der Waals surface area contributed by atoms with Crippen molar-refractivity contribution >= 4 is 5.69 Å². The van der Waals surface area contributed by atoms with Gasteiger partial charge >= 0.3 is 0 Å². The minimum atomic E-state index is 0.734. The Morgan fingerprint density at radius 2 is 2.17 bits per heavy atom. The van der Waals surface area contributed by atoms with Crippen molar-refractivity contribution in [2.75, 3.05) is 24.5 Å². The molecule has 1 saturated heterocycles. The molecule has 0 radical (unpaired) electrons. The number of hydrogen-bond acceptors (Lipinski definition) is 2. The molecule has 0 saturated carbocycles. The quantitative estimate of drug-likeness (QED) is 0.885. The minimum absolute atomic E-state index is 0.734. The number of hydrogen-bond donors (Lipinski definition) is 1. The summed E-state index contributed by atoms with van der Waals surface area (Å²) in [4.78, 5) is 2.55. The first-order valence-electron chi connectivity index (χ1n) is 7.16. The Kier molecular flexibility index (Phi) is 4.28. The van der Waals surface area contributed by atoms with Gasteiger partial charge in [0.15, 0.2) is 0 Å². The van der Waals surface area contributed by atoms with Crippen LogP contribution in [0, 0.1) is 18.8 Å². The lowest BCUT2D eigenvalue weighted by atomic mass is 9.95. The molecule has 1 aromatic carbocycles. The van der Waals surface area contributed by atoms with Crippen LogP contribution in [0.4, 0.5) is 5.69 Å². The topological polar surface area (TPSA) is 29.3 Å². The summed E-state index contributed by atoms with van der Waals surface area (Å²) in [6, 6.07) is 6.80. The summed E-state index contributed by atoms with van der Waals surface area (Å²) in [5, 5.41) is 0. The van der Waals surface area contributed by atoms with Crippen molar-refractivity contribution in [3.05, 3.63) is 29.3 Å². The van der Waals surface area contributed by atoms with E-state index in [0.29, 0.717) is 0 Å². The molecule has 1 fully saturated rings. The molecule has 2 rings (SSSR count). The van der Waals surface area contributed by atoms with Crippen molar-refractivity contribution in [3.8, 4) is 0 Å². The largest absolute Gasteiger partial charge is 0.371 e. The van der Waals surface area contributed by atoms with Gasteiger partial charge < -0.3 is 10.6 Å². The molecule has 2 N–H and O–H groups in total. The smallest absolute Gasteiger partial charge is 0.0399 e. The first-order chi connectivity index (χ1) is 8.61. The normalized spacial score (nSPS) is 19.8. The van der Waals surface area contributed by atoms with Crippen LogP contribution >= 0.6 is 0 Å². The third kappa shape index (κ3) is 2.86. The SMILES string of the molecule is Cc1ccc(N2CCC(C(C)C)C2)c(CCN)c1. The summed E-state index contributed by atoms with van der Waals surface area (Å²) in [6.07, 6.45) is 2.31. The van der Waals surface area contributed by atoms with Crippen LogP contribution in [-0.2, 0) is 6.42 Å². The van der Waals surface area contributed by atoms with Crippen LogP contribution in [0.2, 0.25) is 0 Å². The third-order valence-electron chi connectivity index (χ3n) is 4.16. The fraction of sp³-hybridized carbons (Fsp3) is 0.625. The first-order valence-corrected chi connectivity index (χ1v) is 7.16. The van der Waals surface area contributed by atoms with Gasteiger partial charge in [-0.15, -0.1) is 0 Å². The summed E-state index contributed by atoms with van der Waals surface area (Å²) < 4.78 is 0. The zero-order chi connectivity index (χ0) is 13.1. The van der Waals surface area contributed by atoms with E-state index in [0.717, 1.165) is 24.8 Å². The molecule has 0 aliphatic carbocycles. The van der Waals surface area contributed by atoms with E-state index in [1.165, 1.54) is 36.3 Å². The van der Waals surface area contributed by atoms with Gasteiger partial charge in [-0.1, -0.05) is 31.5 Å². The molecule has 1 aromatic rings. The highest BCUT2D eigenvalue weighted by Crippen LogP contribution is 2.31. The number of benzene rings is 1. The molecular weight excluding hydrogens is 220 g/mol. The van der Waals surface area contributed by atoms with E-state index in [2.05, 4.69) is 43.9 Å². The van der Waals surface area contributed by atoms with Gasteiger partial charge in [-0.05, 0) is 49.8 Å². The van der Waals surface area contributed by atoms with Crippen LogP contribution in [0.5, 0.6) is 0 Å². The number of aryl methyl sites for hydroxylation is 1. The summed E-state index contributed by atoms with van der Waals surface area (Å²) in [6.45, 7) is 9.97. The highest BCUT2D eigenvalue weighted by Gasteiger charge is 2.25. The highest BCUT2D eigenvalue weighted by molar-refractivity contribution is 5.56. The second-order valence-electron chi connectivity index (χ2n) is 5.91. The van der Waals surface area contributed by atoms with Crippen LogP contribution < -0.4 is 10.6 Å². The fourth-order valence-electron chi connectivity index (χ4n) is 2.93. The average molecular weight is 246 g/mol. The predicted octanol–water partition coefficient (Wildman–Crippen LogP) is 2.98. The van der Waals surface area contributed by atoms with Crippen molar-refractivity contribution in [2.24, 2.45) is 17.6 Å². The molecule has 0 bridgehead atoms. The standard InChI is InChI=1S/C16H26N2/c1-12(2)15-7-9-18(11-15)16-5-4-13(3)10-14(16)6-8-17/h4-5,10,12,15H,6-9,11,17H2,1-3H3. The van der Waals surface area contributed by atoms with Gasteiger partial charge in [0.1, 0.15) is 0 Å². The second kappa shape index (κ2) is 5.75. The first kappa shape index (κ1) is 13.4. The van der Waals surface area contributed by atoms with E-state index in [1.54, 1.807) is 0 Å². The monoisotopic (exact) mass is 246 g/mol. The zero-order valence-corrected chi connectivity index (χ0v) is 11.9. The van der Waals surface area contributed by atoms with Gasteiger partial charge in [0.05, 0.1) is 0 Å². The maximum atomic E-state index is 5.74. The fourth-order valence-corrected chi connectivity index (χ4v) is 2.93. The van der Waals surface area contributed by atoms with Crippen molar-refractivity contribution in [1.29, 1.82) is 0 Å². The number of nitrogens with two attached hydrogens (primary N) is 1. The molecule has 1 heterocycles. The van der Waals surface area contributed by atoms with E-state index in [1.807, 2.05) is 0 Å². The van der Waals surface area contributed by atoms with E-state index in [-0.39, 0.29) is 0 Å². The highest BCUT2D eigenvalue weighted by atomic mass is 15.2. The van der Waals surface area contributed by atoms with Crippen LogP contribution in [0.1, 0.15) is 31.4 Å². The molecule has 18 heavy (non-hydrogen) atoms. The van der Waals surface area contributed by atoms with Crippen molar-refractivity contribution in [3.63, 3.8) is 0 Å². The van der Waals surface area contributed by atoms with Crippen molar-refractivity contribution in [2.45, 2.75) is 33.6 Å². The van der Waals surface area contributed by atoms with E-state index >= 15 is 0 Å². The molecule has 0 amide bonds. The number of anilines is 1. The van der Waals surface area contributed by atoms with Gasteiger partial charge in [0.25, 0.3) is 0 Å². The molecule has 1 aliphatic rings. The van der Waals surface area contributed by atoms with Crippen LogP contribution in [0.3, 0.4) is 0 Å². The predicted molar refractivity (Wildman–Crippen MR) is 79.1 cm³/mol. The lowest BCUT2D eigenvalue weighted by Crippen LogP contribution is -2.23. The molecule has 1 atom stereocenters. The van der Waals surface area contributed by atoms with E-state index in [9.17, 15) is 0 Å². The number of nitrogens with zero attached hydrogens (tertiary/aromatic N) is 1. The van der Waals surface area contributed by atoms with E-state index in [4.69, 9.17) is 5.73 Å². The minimum Gasteiger partial charge on any atom is -0.371 e. The molecule has 1 aliphatic heterocycles. The van der Waals surface area contributed by atoms with Crippen LogP contribution in [-0.4, -0.2) is 19.6 Å². The van der Waals surface area contributed by atoms with Crippen LogP contribution in [0.15, 0.2) is 18.2 Å². The van der Waals surface area contributed by atoms with Gasteiger partial charge in [-0.2, -0.15) is 0 Å². The Balaban J connectivity index is 2.18. The molecule has 0 spiro atoms. The summed E-state index contributed by atoms with van der Waals surface area (Å²) in [5.74, 6) is 1.63. The molecule has 1 unspecified atom stereocenters. The van der Waals surface area contributed by atoms with Gasteiger partial charge in [-0.3, -0.25) is 0 Å². The average Bonchev–Trinajstić information content (AvgIpc) is 2.79. The Bertz CT molecular complexity index is 398. The Morgan fingerprint density at radius 3 is 2.78 bits per heavy atom. The second-order valence-corrected chi connectivity index (χ2v) is 5.91. The van der Waals surface area contributed by atoms with Gasteiger partial charge in [0, 0.05) is 18.8 Å². The Morgan fingerprint density at radius 1 is 1.39 bits per heavy atom. The molecular formula is C16H26N2. The van der Waals surface area contributed by atoms with Crippen LogP contribution in [0.25, 0.3) is 0 Å². The van der Waals surface area contributed by atoms with Gasteiger partial charge in [-0.25, -0.2) is 0 Å². The summed E-state index contributed by atoms with van der Waals surface area (Å²) in [5.41, 5.74) is 9.90. The molecule has 0 aromatic heterocycles. The summed E-state index contributed by atoms with van der Waals surface area (Å²) >= 11 is 0. The Labute approximate surface area is 111 Å².